The Bertz CT molecular complexity index is 464. The molecule has 0 amide bonds. The van der Waals surface area contributed by atoms with Crippen molar-refractivity contribution in [3.05, 3.63) is 28.9 Å². The molecule has 0 saturated carbocycles. The van der Waals surface area contributed by atoms with Crippen LogP contribution in [0.5, 0.6) is 0 Å². The molecule has 1 atom stereocenters. The zero-order valence-electron chi connectivity index (χ0n) is 9.16. The number of nitrogens with zero attached hydrogens (tertiary/aromatic N) is 1. The third-order valence-electron chi connectivity index (χ3n) is 2.22. The van der Waals surface area contributed by atoms with E-state index in [1.54, 1.807) is 6.20 Å². The average molecular weight is 285 g/mol. The second-order valence-electron chi connectivity index (χ2n) is 3.45. The zero-order chi connectivity index (χ0) is 11.5. The Balaban J connectivity index is 2.19. The minimum Gasteiger partial charge on any atom is -0.446 e. The second-order valence-corrected chi connectivity index (χ2v) is 4.23. The fourth-order valence-corrected chi connectivity index (χ4v) is 1.75. The van der Waals surface area contributed by atoms with Gasteiger partial charge in [0.1, 0.15) is 0 Å². The summed E-state index contributed by atoms with van der Waals surface area (Å²) < 4.78 is 11.7. The Morgan fingerprint density at radius 3 is 2.81 bits per heavy atom. The van der Waals surface area contributed by atoms with Crippen molar-refractivity contribution in [1.29, 1.82) is 0 Å². The maximum atomic E-state index is 5.61. The molecule has 0 spiro atoms. The van der Waals surface area contributed by atoms with Crippen LogP contribution in [0.2, 0.25) is 0 Å². The summed E-state index contributed by atoms with van der Waals surface area (Å²) in [6, 6.07) is 3.77. The molecule has 0 aromatic carbocycles. The van der Waals surface area contributed by atoms with Crippen molar-refractivity contribution in [1.82, 2.24) is 10.3 Å². The van der Waals surface area contributed by atoms with Gasteiger partial charge in [0.25, 0.3) is 0 Å². The van der Waals surface area contributed by atoms with E-state index >= 15 is 0 Å². The smallest absolute Gasteiger partial charge is 0.211 e. The van der Waals surface area contributed by atoms with Gasteiger partial charge in [-0.15, -0.1) is 0 Å². The normalized spacial score (nSPS) is 12.9. The first-order chi connectivity index (χ1) is 7.70. The first-order valence-corrected chi connectivity index (χ1v) is 5.95. The van der Waals surface area contributed by atoms with Gasteiger partial charge in [0.2, 0.25) is 5.89 Å². The minimum absolute atomic E-state index is 0.108. The molecular weight excluding hydrogens is 272 g/mol. The predicted octanol–water partition coefficient (Wildman–Crippen LogP) is 3.37. The molecule has 1 N–H and O–H groups in total. The van der Waals surface area contributed by atoms with Crippen molar-refractivity contribution in [3.8, 4) is 11.5 Å². The quantitative estimate of drug-likeness (QED) is 0.935. The van der Waals surface area contributed by atoms with E-state index in [2.05, 4.69) is 26.2 Å². The highest BCUT2D eigenvalue weighted by Crippen LogP contribution is 2.26. The lowest BCUT2D eigenvalue weighted by Crippen LogP contribution is -2.17. The lowest BCUT2D eigenvalue weighted by Gasteiger charge is -2.06. The van der Waals surface area contributed by atoms with Gasteiger partial charge in [-0.1, -0.05) is 6.92 Å². The molecule has 0 radical (unpaired) electrons. The molecule has 0 saturated heterocycles. The summed E-state index contributed by atoms with van der Waals surface area (Å²) >= 11 is 3.25. The monoisotopic (exact) mass is 284 g/mol. The van der Waals surface area contributed by atoms with Crippen molar-refractivity contribution in [2.24, 2.45) is 0 Å². The van der Waals surface area contributed by atoms with Gasteiger partial charge < -0.3 is 14.2 Å². The van der Waals surface area contributed by atoms with Crippen LogP contribution in [0.15, 0.2) is 31.8 Å². The van der Waals surface area contributed by atoms with Crippen LogP contribution in [0.3, 0.4) is 0 Å². The maximum absolute atomic E-state index is 5.61. The van der Waals surface area contributed by atoms with Crippen LogP contribution in [0.4, 0.5) is 0 Å². The third kappa shape index (κ3) is 2.36. The SMILES string of the molecule is CCNC(C)c1ncc(-c2ccc(Br)o2)o1. The zero-order valence-corrected chi connectivity index (χ0v) is 10.7. The summed E-state index contributed by atoms with van der Waals surface area (Å²) in [5.74, 6) is 1.99. The number of aromatic nitrogens is 1. The molecule has 0 bridgehead atoms. The molecule has 0 aliphatic rings. The fourth-order valence-electron chi connectivity index (χ4n) is 1.44. The molecule has 2 aromatic rings. The van der Waals surface area contributed by atoms with Gasteiger partial charge in [-0.25, -0.2) is 4.98 Å². The van der Waals surface area contributed by atoms with Crippen LogP contribution in [-0.2, 0) is 0 Å². The number of halogens is 1. The molecule has 86 valence electrons. The molecule has 0 aliphatic carbocycles. The molecule has 5 heteroatoms. The van der Waals surface area contributed by atoms with Crippen LogP contribution in [0.25, 0.3) is 11.5 Å². The summed E-state index contributed by atoms with van der Waals surface area (Å²) in [4.78, 5) is 4.22. The Kier molecular flexibility index (Phi) is 3.46. The highest BCUT2D eigenvalue weighted by atomic mass is 79.9. The lowest BCUT2D eigenvalue weighted by atomic mass is 10.3. The first kappa shape index (κ1) is 11.4. The van der Waals surface area contributed by atoms with E-state index in [1.807, 2.05) is 26.0 Å². The molecule has 4 nitrogen and oxygen atoms in total. The molecule has 0 fully saturated rings. The van der Waals surface area contributed by atoms with Crippen molar-refractivity contribution in [2.75, 3.05) is 6.54 Å². The number of hydrogen-bond donors (Lipinski definition) is 1. The van der Waals surface area contributed by atoms with Gasteiger partial charge in [-0.2, -0.15) is 0 Å². The Morgan fingerprint density at radius 2 is 2.19 bits per heavy atom. The largest absolute Gasteiger partial charge is 0.446 e. The summed E-state index contributed by atoms with van der Waals surface area (Å²) in [5, 5.41) is 3.24. The van der Waals surface area contributed by atoms with E-state index in [0.717, 1.165) is 6.54 Å². The van der Waals surface area contributed by atoms with Crippen molar-refractivity contribution >= 4 is 15.9 Å². The van der Waals surface area contributed by atoms with Crippen molar-refractivity contribution < 1.29 is 8.83 Å². The van der Waals surface area contributed by atoms with E-state index in [-0.39, 0.29) is 6.04 Å². The number of rotatable bonds is 4. The van der Waals surface area contributed by atoms with E-state index in [0.29, 0.717) is 22.1 Å². The fraction of sp³-hybridized carbons (Fsp3) is 0.364. The van der Waals surface area contributed by atoms with Crippen molar-refractivity contribution in [2.45, 2.75) is 19.9 Å². The van der Waals surface area contributed by atoms with Gasteiger partial charge in [0.05, 0.1) is 12.2 Å². The van der Waals surface area contributed by atoms with Crippen molar-refractivity contribution in [3.63, 3.8) is 0 Å². The number of furan rings is 1. The van der Waals surface area contributed by atoms with E-state index in [9.17, 15) is 0 Å². The second kappa shape index (κ2) is 4.84. The Morgan fingerprint density at radius 1 is 1.38 bits per heavy atom. The highest BCUT2D eigenvalue weighted by molar-refractivity contribution is 9.10. The van der Waals surface area contributed by atoms with Crippen LogP contribution in [0.1, 0.15) is 25.8 Å². The van der Waals surface area contributed by atoms with E-state index in [1.165, 1.54) is 0 Å². The van der Waals surface area contributed by atoms with Gasteiger partial charge in [0.15, 0.2) is 16.2 Å². The summed E-state index contributed by atoms with van der Waals surface area (Å²) in [5.41, 5.74) is 0. The number of hydrogen-bond acceptors (Lipinski definition) is 4. The van der Waals surface area contributed by atoms with Gasteiger partial charge in [-0.3, -0.25) is 0 Å². The van der Waals surface area contributed by atoms with Gasteiger partial charge in [-0.05, 0) is 41.5 Å². The average Bonchev–Trinajstić information content (AvgIpc) is 2.85. The molecule has 2 rings (SSSR count). The van der Waals surface area contributed by atoms with E-state index < -0.39 is 0 Å². The molecule has 2 heterocycles. The van der Waals surface area contributed by atoms with Crippen LogP contribution < -0.4 is 5.32 Å². The summed E-state index contributed by atoms with van der Waals surface area (Å²) in [6.45, 7) is 4.94. The molecular formula is C11H13BrN2O2. The number of nitrogens with one attached hydrogen (secondary N) is 1. The Hall–Kier alpha value is -1.07. The van der Waals surface area contributed by atoms with Gasteiger partial charge in [0, 0.05) is 0 Å². The standard InChI is InChI=1S/C11H13BrN2O2/c1-3-13-7(2)11-14-6-9(16-11)8-4-5-10(12)15-8/h4-7,13H,3H2,1-2H3. The predicted molar refractivity (Wildman–Crippen MR) is 64.0 cm³/mol. The summed E-state index contributed by atoms with van der Waals surface area (Å²) in [7, 11) is 0. The van der Waals surface area contributed by atoms with Crippen LogP contribution >= 0.6 is 15.9 Å². The Labute approximate surface area is 102 Å². The van der Waals surface area contributed by atoms with Gasteiger partial charge >= 0.3 is 0 Å². The minimum atomic E-state index is 0.108. The molecule has 0 aliphatic heterocycles. The van der Waals surface area contributed by atoms with Crippen LogP contribution in [0, 0.1) is 0 Å². The number of oxazole rings is 1. The topological polar surface area (TPSA) is 51.2 Å². The molecule has 16 heavy (non-hydrogen) atoms. The summed E-state index contributed by atoms with van der Waals surface area (Å²) in [6.07, 6.45) is 1.68. The van der Waals surface area contributed by atoms with Crippen LogP contribution in [-0.4, -0.2) is 11.5 Å². The lowest BCUT2D eigenvalue weighted by molar-refractivity contribution is 0.419. The molecule has 2 aromatic heterocycles. The third-order valence-corrected chi connectivity index (χ3v) is 2.65. The first-order valence-electron chi connectivity index (χ1n) is 5.15. The molecule has 1 unspecified atom stereocenters. The van der Waals surface area contributed by atoms with E-state index in [4.69, 9.17) is 8.83 Å². The highest BCUT2D eigenvalue weighted by Gasteiger charge is 2.14. The maximum Gasteiger partial charge on any atom is 0.211 e.